The van der Waals surface area contributed by atoms with Crippen LogP contribution in [0.2, 0.25) is 0 Å². The van der Waals surface area contributed by atoms with Crippen molar-refractivity contribution in [3.63, 3.8) is 0 Å². The Hall–Kier alpha value is -4.34. The van der Waals surface area contributed by atoms with Gasteiger partial charge >= 0.3 is 12.2 Å². The number of anilines is 2. The maximum absolute atomic E-state index is 12.6. The van der Waals surface area contributed by atoms with Gasteiger partial charge in [0.2, 0.25) is 0 Å². The van der Waals surface area contributed by atoms with Crippen LogP contribution in [0.4, 0.5) is 29.3 Å². The number of rotatable bonds is 5. The van der Waals surface area contributed by atoms with Crippen LogP contribution in [0.3, 0.4) is 0 Å². The number of nitrogens with one attached hydrogen (secondary N) is 2. The molecule has 0 aliphatic rings. The number of halogens is 3. The summed E-state index contributed by atoms with van der Waals surface area (Å²) in [6, 6.07) is 16.6. The summed E-state index contributed by atoms with van der Waals surface area (Å²) in [6.07, 6.45) is -2.81. The van der Waals surface area contributed by atoms with Crippen LogP contribution in [-0.2, 0) is 12.8 Å². The van der Waals surface area contributed by atoms with Crippen LogP contribution in [0.15, 0.2) is 83.8 Å². The molecule has 2 aromatic carbocycles. The highest BCUT2D eigenvalue weighted by Crippen LogP contribution is 2.29. The highest BCUT2D eigenvalue weighted by molar-refractivity contribution is 5.99. The van der Waals surface area contributed by atoms with Gasteiger partial charge in [0.05, 0.1) is 11.3 Å². The zero-order valence-electron chi connectivity index (χ0n) is 17.0. The predicted octanol–water partition coefficient (Wildman–Crippen LogP) is 4.94. The molecule has 2 N–H and O–H groups in total. The van der Waals surface area contributed by atoms with E-state index < -0.39 is 17.8 Å². The Kier molecular flexibility index (Phi) is 5.99. The van der Waals surface area contributed by atoms with E-state index in [4.69, 9.17) is 4.74 Å². The van der Waals surface area contributed by atoms with Crippen molar-refractivity contribution in [2.24, 2.45) is 0 Å². The maximum Gasteiger partial charge on any atom is 0.416 e. The van der Waals surface area contributed by atoms with Crippen molar-refractivity contribution in [1.82, 2.24) is 9.38 Å². The van der Waals surface area contributed by atoms with E-state index >= 15 is 0 Å². The van der Waals surface area contributed by atoms with E-state index in [1.54, 1.807) is 48.7 Å². The number of carbonyl (C=O) groups excluding carboxylic acids is 1. The van der Waals surface area contributed by atoms with E-state index in [2.05, 4.69) is 15.6 Å². The number of alkyl halides is 3. The van der Waals surface area contributed by atoms with Crippen molar-refractivity contribution >= 4 is 23.1 Å². The topological polar surface area (TPSA) is 84.7 Å². The van der Waals surface area contributed by atoms with Gasteiger partial charge in [-0.15, -0.1) is 0 Å². The van der Waals surface area contributed by atoms with Crippen LogP contribution in [0, 0.1) is 0 Å². The molecule has 4 aromatic rings. The second-order valence-corrected chi connectivity index (χ2v) is 6.98. The molecule has 0 aliphatic heterocycles. The molecule has 33 heavy (non-hydrogen) atoms. The number of urea groups is 1. The van der Waals surface area contributed by atoms with Crippen LogP contribution in [-0.4, -0.2) is 15.4 Å². The molecule has 0 fully saturated rings. The molecule has 0 saturated heterocycles. The lowest BCUT2D eigenvalue weighted by molar-refractivity contribution is -0.137. The summed E-state index contributed by atoms with van der Waals surface area (Å²) >= 11 is 0. The lowest BCUT2D eigenvalue weighted by atomic mass is 10.2. The first-order chi connectivity index (χ1) is 15.8. The van der Waals surface area contributed by atoms with Crippen LogP contribution >= 0.6 is 0 Å². The molecular weight excluding hydrogens is 437 g/mol. The fraction of sp³-hybridized carbons (Fsp3) is 0.0870. The minimum absolute atomic E-state index is 0.0851. The Morgan fingerprint density at radius 3 is 2.21 bits per heavy atom. The Bertz CT molecular complexity index is 1330. The van der Waals surface area contributed by atoms with Crippen LogP contribution in [0.1, 0.15) is 11.3 Å². The number of carbonyl (C=O) groups is 1. The van der Waals surface area contributed by atoms with Gasteiger partial charge in [-0.1, -0.05) is 6.07 Å². The summed E-state index contributed by atoms with van der Waals surface area (Å²) in [5.41, 5.74) is 0.658. The van der Waals surface area contributed by atoms with Gasteiger partial charge in [0, 0.05) is 23.6 Å². The number of hydrogen-bond donors (Lipinski definition) is 2. The summed E-state index contributed by atoms with van der Waals surface area (Å²) < 4.78 is 44.9. The normalized spacial score (nSPS) is 11.2. The quantitative estimate of drug-likeness (QED) is 0.448. The fourth-order valence-electron chi connectivity index (χ4n) is 3.00. The maximum atomic E-state index is 12.6. The average Bonchev–Trinajstić information content (AvgIpc) is 2.78. The third kappa shape index (κ3) is 5.48. The molecule has 0 saturated carbocycles. The van der Waals surface area contributed by atoms with E-state index in [1.165, 1.54) is 22.6 Å². The molecular formula is C23H17F3N4O3. The third-order valence-electron chi connectivity index (χ3n) is 4.59. The van der Waals surface area contributed by atoms with E-state index in [9.17, 15) is 22.8 Å². The Labute approximate surface area is 185 Å². The number of pyridine rings is 1. The third-order valence-corrected chi connectivity index (χ3v) is 4.59. The van der Waals surface area contributed by atoms with Crippen molar-refractivity contribution in [3.8, 4) is 5.75 Å². The van der Waals surface area contributed by atoms with Crippen molar-refractivity contribution in [1.29, 1.82) is 0 Å². The van der Waals surface area contributed by atoms with E-state index in [0.29, 0.717) is 22.8 Å². The fourth-order valence-corrected chi connectivity index (χ4v) is 3.00. The molecule has 4 rings (SSSR count). The van der Waals surface area contributed by atoms with Gasteiger partial charge in [-0.05, 0) is 60.7 Å². The Balaban J connectivity index is 1.33. The highest BCUT2D eigenvalue weighted by atomic mass is 19.4. The Morgan fingerprint density at radius 2 is 1.58 bits per heavy atom. The molecule has 7 nitrogen and oxygen atoms in total. The van der Waals surface area contributed by atoms with E-state index in [0.717, 1.165) is 12.1 Å². The number of aromatic nitrogens is 2. The van der Waals surface area contributed by atoms with Crippen LogP contribution < -0.4 is 20.9 Å². The first-order valence-electron chi connectivity index (χ1n) is 9.73. The molecule has 0 radical (unpaired) electrons. The molecule has 168 valence electrons. The second kappa shape index (κ2) is 9.03. The van der Waals surface area contributed by atoms with Gasteiger partial charge in [-0.25, -0.2) is 9.78 Å². The largest absolute Gasteiger partial charge is 0.487 e. The summed E-state index contributed by atoms with van der Waals surface area (Å²) in [6.45, 7) is 0.0851. The molecule has 2 amide bonds. The smallest absolute Gasteiger partial charge is 0.416 e. The number of hydrogen-bond acceptors (Lipinski definition) is 4. The summed E-state index contributed by atoms with van der Waals surface area (Å²) in [5.74, 6) is 0.499. The van der Waals surface area contributed by atoms with Gasteiger partial charge in [0.25, 0.3) is 5.56 Å². The van der Waals surface area contributed by atoms with Gasteiger partial charge < -0.3 is 15.4 Å². The second-order valence-electron chi connectivity index (χ2n) is 6.98. The highest BCUT2D eigenvalue weighted by Gasteiger charge is 2.29. The standard InChI is InChI=1S/C23H17F3N4O3/c24-23(25,26)15-4-6-16(7-5-15)28-22(32)29-17-8-10-19(11-9-17)33-14-18-13-21(31)30-12-2-1-3-20(30)27-18/h1-13H,14H2,(H2,28,29,32). The lowest BCUT2D eigenvalue weighted by Crippen LogP contribution is -2.19. The number of benzene rings is 2. The van der Waals surface area contributed by atoms with Gasteiger partial charge in [-0.2, -0.15) is 13.2 Å². The molecule has 2 aromatic heterocycles. The average molecular weight is 454 g/mol. The molecule has 10 heteroatoms. The van der Waals surface area contributed by atoms with E-state index in [1.807, 2.05) is 0 Å². The number of fused-ring (bicyclic) bond motifs is 1. The van der Waals surface area contributed by atoms with Gasteiger partial charge in [0.1, 0.15) is 18.0 Å². The minimum atomic E-state index is -4.44. The molecule has 0 bridgehead atoms. The van der Waals surface area contributed by atoms with Gasteiger partial charge in [-0.3, -0.25) is 9.20 Å². The molecule has 0 spiro atoms. The van der Waals surface area contributed by atoms with Crippen molar-refractivity contribution in [2.75, 3.05) is 10.6 Å². The minimum Gasteiger partial charge on any atom is -0.487 e. The SMILES string of the molecule is O=C(Nc1ccc(OCc2cc(=O)n3ccccc3n2)cc1)Nc1ccc(C(F)(F)F)cc1. The van der Waals surface area contributed by atoms with Gasteiger partial charge in [0.15, 0.2) is 0 Å². The number of amides is 2. The van der Waals surface area contributed by atoms with Crippen LogP contribution in [0.5, 0.6) is 5.75 Å². The first-order valence-corrected chi connectivity index (χ1v) is 9.73. The zero-order valence-corrected chi connectivity index (χ0v) is 17.0. The molecule has 2 heterocycles. The molecule has 0 unspecified atom stereocenters. The first kappa shape index (κ1) is 21.9. The summed E-state index contributed by atoms with van der Waals surface area (Å²) in [5, 5.41) is 5.04. The molecule has 0 atom stereocenters. The summed E-state index contributed by atoms with van der Waals surface area (Å²) in [4.78, 5) is 28.6. The predicted molar refractivity (Wildman–Crippen MR) is 116 cm³/mol. The van der Waals surface area contributed by atoms with E-state index in [-0.39, 0.29) is 17.9 Å². The Morgan fingerprint density at radius 1 is 0.939 bits per heavy atom. The monoisotopic (exact) mass is 454 g/mol. The zero-order chi connectivity index (χ0) is 23.4. The summed E-state index contributed by atoms with van der Waals surface area (Å²) in [7, 11) is 0. The van der Waals surface area contributed by atoms with Crippen molar-refractivity contribution < 1.29 is 22.7 Å². The lowest BCUT2D eigenvalue weighted by Gasteiger charge is -2.11. The number of ether oxygens (including phenoxy) is 1. The van der Waals surface area contributed by atoms with Crippen molar-refractivity contribution in [3.05, 3.63) is 101 Å². The number of nitrogens with zero attached hydrogens (tertiary/aromatic N) is 2. The van der Waals surface area contributed by atoms with Crippen LogP contribution in [0.25, 0.3) is 5.65 Å². The molecule has 0 aliphatic carbocycles. The van der Waals surface area contributed by atoms with Crippen molar-refractivity contribution in [2.45, 2.75) is 12.8 Å².